The highest BCUT2D eigenvalue weighted by Gasteiger charge is 2.29. The van der Waals surface area contributed by atoms with Crippen LogP contribution in [0.4, 0.5) is 0 Å². The van der Waals surface area contributed by atoms with Gasteiger partial charge in [0.25, 0.3) is 0 Å². The lowest BCUT2D eigenvalue weighted by Crippen LogP contribution is -2.53. The van der Waals surface area contributed by atoms with Crippen LogP contribution in [-0.4, -0.2) is 61.1 Å². The van der Waals surface area contributed by atoms with E-state index >= 15 is 0 Å². The van der Waals surface area contributed by atoms with E-state index in [-0.39, 0.29) is 11.9 Å². The third-order valence-electron chi connectivity index (χ3n) is 5.80. The monoisotopic (exact) mass is 359 g/mol. The Kier molecular flexibility index (Phi) is 6.92. The van der Waals surface area contributed by atoms with Gasteiger partial charge in [0.1, 0.15) is 5.75 Å². The van der Waals surface area contributed by atoms with Crippen molar-refractivity contribution in [2.45, 2.75) is 57.7 Å². The average molecular weight is 360 g/mol. The first-order valence-corrected chi connectivity index (χ1v) is 10.1. The largest absolute Gasteiger partial charge is 0.497 e. The molecule has 144 valence electrons. The summed E-state index contributed by atoms with van der Waals surface area (Å²) in [6.45, 7) is 7.20. The van der Waals surface area contributed by atoms with Crippen molar-refractivity contribution in [1.82, 2.24) is 15.1 Å². The maximum Gasteiger partial charge on any atom is 0.237 e. The Morgan fingerprint density at radius 3 is 2.73 bits per heavy atom. The number of rotatable bonds is 6. The zero-order chi connectivity index (χ0) is 18.4. The van der Waals surface area contributed by atoms with Crippen molar-refractivity contribution in [3.05, 3.63) is 29.8 Å². The van der Waals surface area contributed by atoms with Gasteiger partial charge < -0.3 is 10.1 Å². The fourth-order valence-corrected chi connectivity index (χ4v) is 4.23. The molecule has 0 radical (unpaired) electrons. The van der Waals surface area contributed by atoms with E-state index in [2.05, 4.69) is 34.2 Å². The zero-order valence-corrected chi connectivity index (χ0v) is 16.2. The topological polar surface area (TPSA) is 44.8 Å². The number of carbonyl (C=O) groups is 1. The Hall–Kier alpha value is -1.59. The van der Waals surface area contributed by atoms with E-state index in [1.54, 1.807) is 7.11 Å². The molecule has 3 rings (SSSR count). The zero-order valence-electron chi connectivity index (χ0n) is 16.2. The number of benzene rings is 1. The molecule has 0 aromatic heterocycles. The second kappa shape index (κ2) is 9.38. The van der Waals surface area contributed by atoms with Crippen LogP contribution in [-0.2, 0) is 11.3 Å². The van der Waals surface area contributed by atoms with Gasteiger partial charge in [-0.25, -0.2) is 0 Å². The summed E-state index contributed by atoms with van der Waals surface area (Å²) in [7, 11) is 1.71. The molecule has 0 aliphatic carbocycles. The van der Waals surface area contributed by atoms with Crippen LogP contribution in [0.5, 0.6) is 5.75 Å². The molecule has 1 N–H and O–H groups in total. The second-order valence-electron chi connectivity index (χ2n) is 7.55. The minimum Gasteiger partial charge on any atom is -0.497 e. The van der Waals surface area contributed by atoms with E-state index in [1.807, 2.05) is 12.1 Å². The Morgan fingerprint density at radius 2 is 2.00 bits per heavy atom. The molecule has 2 fully saturated rings. The highest BCUT2D eigenvalue weighted by atomic mass is 16.5. The summed E-state index contributed by atoms with van der Waals surface area (Å²) in [5, 5.41) is 3.33. The summed E-state index contributed by atoms with van der Waals surface area (Å²) in [6.07, 6.45) is 5.48. The number of hydrogen-bond acceptors (Lipinski definition) is 4. The smallest absolute Gasteiger partial charge is 0.237 e. The van der Waals surface area contributed by atoms with Gasteiger partial charge in [0.05, 0.1) is 13.2 Å². The number of nitrogens with zero attached hydrogens (tertiary/aromatic N) is 2. The summed E-state index contributed by atoms with van der Waals surface area (Å²) in [4.78, 5) is 17.5. The highest BCUT2D eigenvalue weighted by molar-refractivity contribution is 5.82. The summed E-state index contributed by atoms with van der Waals surface area (Å²) >= 11 is 0. The van der Waals surface area contributed by atoms with Crippen LogP contribution < -0.4 is 10.1 Å². The first-order valence-electron chi connectivity index (χ1n) is 10.1. The standard InChI is InChI=1S/C21H33N3O2/c1-3-24-12-5-4-9-20(24)21(25)22-18-10-13-23(14-11-18)16-17-7-6-8-19(15-17)26-2/h6-8,15,18,20H,3-5,9-14,16H2,1-2H3,(H,22,25). The predicted octanol–water partition coefficient (Wildman–Crippen LogP) is 2.65. The summed E-state index contributed by atoms with van der Waals surface area (Å²) < 4.78 is 5.31. The predicted molar refractivity (Wildman–Crippen MR) is 104 cm³/mol. The second-order valence-corrected chi connectivity index (χ2v) is 7.55. The van der Waals surface area contributed by atoms with Gasteiger partial charge in [0.15, 0.2) is 0 Å². The van der Waals surface area contributed by atoms with Crippen LogP contribution in [0.3, 0.4) is 0 Å². The quantitative estimate of drug-likeness (QED) is 0.848. The molecule has 5 nitrogen and oxygen atoms in total. The first kappa shape index (κ1) is 19.2. The summed E-state index contributed by atoms with van der Waals surface area (Å²) in [6, 6.07) is 8.70. The van der Waals surface area contributed by atoms with Gasteiger partial charge >= 0.3 is 0 Å². The van der Waals surface area contributed by atoms with Gasteiger partial charge in [-0.15, -0.1) is 0 Å². The van der Waals surface area contributed by atoms with Crippen molar-refractivity contribution < 1.29 is 9.53 Å². The van der Waals surface area contributed by atoms with Gasteiger partial charge in [-0.1, -0.05) is 25.5 Å². The number of nitrogens with one attached hydrogen (secondary N) is 1. The van der Waals surface area contributed by atoms with Gasteiger partial charge in [0, 0.05) is 25.7 Å². The number of amides is 1. The first-order chi connectivity index (χ1) is 12.7. The van der Waals surface area contributed by atoms with E-state index in [1.165, 1.54) is 18.4 Å². The van der Waals surface area contributed by atoms with Crippen LogP contribution in [0.1, 0.15) is 44.6 Å². The molecule has 2 aliphatic rings. The fourth-order valence-electron chi connectivity index (χ4n) is 4.23. The SMILES string of the molecule is CCN1CCCCC1C(=O)NC1CCN(Cc2cccc(OC)c2)CC1. The molecular weight excluding hydrogens is 326 g/mol. The number of likely N-dealkylation sites (tertiary alicyclic amines) is 2. The minimum absolute atomic E-state index is 0.0866. The lowest BCUT2D eigenvalue weighted by molar-refractivity contribution is -0.128. The Balaban J connectivity index is 1.45. The third kappa shape index (κ3) is 4.98. The number of methoxy groups -OCH3 is 1. The third-order valence-corrected chi connectivity index (χ3v) is 5.80. The number of likely N-dealkylation sites (N-methyl/N-ethyl adjacent to an activating group) is 1. The average Bonchev–Trinajstić information content (AvgIpc) is 2.69. The van der Waals surface area contributed by atoms with Crippen molar-refractivity contribution in [3.8, 4) is 5.75 Å². The van der Waals surface area contributed by atoms with E-state index in [9.17, 15) is 4.79 Å². The Labute approximate surface area is 157 Å². The van der Waals surface area contributed by atoms with Crippen LogP contribution in [0, 0.1) is 0 Å². The van der Waals surface area contributed by atoms with Gasteiger partial charge in [-0.2, -0.15) is 0 Å². The van der Waals surface area contributed by atoms with Crippen LogP contribution in [0.2, 0.25) is 0 Å². The molecule has 2 aliphatic heterocycles. The van der Waals surface area contributed by atoms with E-state index in [0.717, 1.165) is 57.7 Å². The van der Waals surface area contributed by atoms with Gasteiger partial charge in [-0.05, 0) is 56.5 Å². The van der Waals surface area contributed by atoms with Crippen LogP contribution >= 0.6 is 0 Å². The molecule has 0 saturated carbocycles. The summed E-state index contributed by atoms with van der Waals surface area (Å²) in [5.74, 6) is 1.16. The van der Waals surface area contributed by atoms with Gasteiger partial charge in [0.2, 0.25) is 5.91 Å². The molecule has 1 aromatic rings. The Bertz CT molecular complexity index is 584. The molecule has 0 spiro atoms. The number of hydrogen-bond donors (Lipinski definition) is 1. The molecule has 0 bridgehead atoms. The molecule has 1 amide bonds. The van der Waals surface area contributed by atoms with Crippen molar-refractivity contribution in [1.29, 1.82) is 0 Å². The molecule has 1 aromatic carbocycles. The lowest BCUT2D eigenvalue weighted by Gasteiger charge is -2.37. The normalized spacial score (nSPS) is 22.9. The van der Waals surface area contributed by atoms with E-state index in [4.69, 9.17) is 4.74 Å². The van der Waals surface area contributed by atoms with Crippen molar-refractivity contribution in [2.24, 2.45) is 0 Å². The van der Waals surface area contributed by atoms with Gasteiger partial charge in [-0.3, -0.25) is 14.6 Å². The van der Waals surface area contributed by atoms with E-state index in [0.29, 0.717) is 6.04 Å². The number of carbonyl (C=O) groups excluding carboxylic acids is 1. The summed E-state index contributed by atoms with van der Waals surface area (Å²) in [5.41, 5.74) is 1.28. The van der Waals surface area contributed by atoms with E-state index < -0.39 is 0 Å². The molecular formula is C21H33N3O2. The Morgan fingerprint density at radius 1 is 1.19 bits per heavy atom. The highest BCUT2D eigenvalue weighted by Crippen LogP contribution is 2.20. The van der Waals surface area contributed by atoms with Crippen LogP contribution in [0.15, 0.2) is 24.3 Å². The molecule has 26 heavy (non-hydrogen) atoms. The maximum absolute atomic E-state index is 12.7. The number of ether oxygens (including phenoxy) is 1. The van der Waals surface area contributed by atoms with Crippen LogP contribution in [0.25, 0.3) is 0 Å². The molecule has 5 heteroatoms. The number of piperidine rings is 2. The molecule has 1 atom stereocenters. The van der Waals surface area contributed by atoms with Crippen molar-refractivity contribution in [3.63, 3.8) is 0 Å². The maximum atomic E-state index is 12.7. The molecule has 1 unspecified atom stereocenters. The van der Waals surface area contributed by atoms with Crippen molar-refractivity contribution in [2.75, 3.05) is 33.3 Å². The minimum atomic E-state index is 0.0866. The lowest BCUT2D eigenvalue weighted by atomic mass is 9.99. The molecule has 2 saturated heterocycles. The molecule has 2 heterocycles. The van der Waals surface area contributed by atoms with Crippen molar-refractivity contribution >= 4 is 5.91 Å². The fraction of sp³-hybridized carbons (Fsp3) is 0.667.